The summed E-state index contributed by atoms with van der Waals surface area (Å²) in [6.07, 6.45) is 2.39. The molecule has 0 radical (unpaired) electrons. The maximum Gasteiger partial charge on any atom is 0.236 e. The van der Waals surface area contributed by atoms with Gasteiger partial charge in [0.1, 0.15) is 0 Å². The minimum atomic E-state index is 0.265. The molecule has 94 valence electrons. The molecule has 16 heavy (non-hydrogen) atoms. The van der Waals surface area contributed by atoms with Gasteiger partial charge in [-0.2, -0.15) is 0 Å². The number of nitrogens with one attached hydrogen (secondary N) is 1. The van der Waals surface area contributed by atoms with Crippen molar-refractivity contribution in [3.63, 3.8) is 0 Å². The van der Waals surface area contributed by atoms with E-state index in [0.29, 0.717) is 24.4 Å². The van der Waals surface area contributed by atoms with Gasteiger partial charge in [-0.25, -0.2) is 0 Å². The predicted octanol–water partition coefficient (Wildman–Crippen LogP) is 1.88. The molecule has 0 spiro atoms. The van der Waals surface area contributed by atoms with Crippen LogP contribution in [0.2, 0.25) is 0 Å². The summed E-state index contributed by atoms with van der Waals surface area (Å²) in [5.41, 5.74) is 0. The SMILES string of the molecule is CCN(C(=O)CNCC(C)C(C)C)C1CC1. The lowest BCUT2D eigenvalue weighted by Crippen LogP contribution is -2.40. The van der Waals surface area contributed by atoms with Crippen molar-refractivity contribution in [2.24, 2.45) is 11.8 Å². The minimum absolute atomic E-state index is 0.265. The van der Waals surface area contributed by atoms with E-state index in [9.17, 15) is 4.79 Å². The molecule has 1 unspecified atom stereocenters. The van der Waals surface area contributed by atoms with Gasteiger partial charge in [0.25, 0.3) is 0 Å². The predicted molar refractivity (Wildman–Crippen MR) is 67.3 cm³/mol. The fraction of sp³-hybridized carbons (Fsp3) is 0.923. The Labute approximate surface area is 99.6 Å². The standard InChI is InChI=1S/C13H26N2O/c1-5-15(12-6-7-12)13(16)9-14-8-11(4)10(2)3/h10-12,14H,5-9H2,1-4H3. The van der Waals surface area contributed by atoms with Crippen LogP contribution in [-0.2, 0) is 4.79 Å². The molecule has 0 saturated heterocycles. The third-order valence-corrected chi connectivity index (χ3v) is 3.53. The summed E-state index contributed by atoms with van der Waals surface area (Å²) in [6.45, 7) is 11.0. The minimum Gasteiger partial charge on any atom is -0.339 e. The maximum atomic E-state index is 11.9. The normalized spacial score (nSPS) is 17.6. The number of amides is 1. The van der Waals surface area contributed by atoms with Crippen LogP contribution in [0.1, 0.15) is 40.5 Å². The van der Waals surface area contributed by atoms with E-state index in [1.54, 1.807) is 0 Å². The Morgan fingerprint density at radius 3 is 2.44 bits per heavy atom. The van der Waals surface area contributed by atoms with E-state index < -0.39 is 0 Å². The van der Waals surface area contributed by atoms with Crippen molar-refractivity contribution < 1.29 is 4.79 Å². The van der Waals surface area contributed by atoms with Gasteiger partial charge in [0.2, 0.25) is 5.91 Å². The summed E-state index contributed by atoms with van der Waals surface area (Å²) in [4.78, 5) is 13.9. The Balaban J connectivity index is 2.18. The Morgan fingerprint density at radius 1 is 1.38 bits per heavy atom. The van der Waals surface area contributed by atoms with E-state index >= 15 is 0 Å². The molecule has 0 heterocycles. The average Bonchev–Trinajstić information content (AvgIpc) is 3.02. The molecule has 0 aromatic rings. The van der Waals surface area contributed by atoms with Gasteiger partial charge < -0.3 is 10.2 Å². The van der Waals surface area contributed by atoms with Crippen LogP contribution in [0, 0.1) is 11.8 Å². The largest absolute Gasteiger partial charge is 0.339 e. The highest BCUT2D eigenvalue weighted by molar-refractivity contribution is 5.78. The van der Waals surface area contributed by atoms with Gasteiger partial charge in [-0.05, 0) is 38.1 Å². The molecule has 1 aliphatic rings. The van der Waals surface area contributed by atoms with E-state index in [-0.39, 0.29) is 5.91 Å². The Kier molecular flexibility index (Phi) is 5.26. The summed E-state index contributed by atoms with van der Waals surface area (Å²) in [6, 6.07) is 0.543. The Morgan fingerprint density at radius 2 is 2.00 bits per heavy atom. The zero-order valence-corrected chi connectivity index (χ0v) is 11.1. The number of hydrogen-bond acceptors (Lipinski definition) is 2. The monoisotopic (exact) mass is 226 g/mol. The number of nitrogens with zero attached hydrogens (tertiary/aromatic N) is 1. The van der Waals surface area contributed by atoms with Crippen molar-refractivity contribution in [3.05, 3.63) is 0 Å². The molecule has 1 amide bonds. The summed E-state index contributed by atoms with van der Waals surface area (Å²) in [7, 11) is 0. The van der Waals surface area contributed by atoms with Gasteiger partial charge in [0.05, 0.1) is 6.54 Å². The quantitative estimate of drug-likeness (QED) is 0.719. The number of likely N-dealkylation sites (N-methyl/N-ethyl adjacent to an activating group) is 1. The second-order valence-corrected chi connectivity index (χ2v) is 5.26. The second-order valence-electron chi connectivity index (χ2n) is 5.26. The van der Waals surface area contributed by atoms with Crippen molar-refractivity contribution in [2.75, 3.05) is 19.6 Å². The number of hydrogen-bond donors (Lipinski definition) is 1. The molecule has 0 aliphatic heterocycles. The molecular formula is C13H26N2O. The zero-order valence-electron chi connectivity index (χ0n) is 11.1. The number of rotatable bonds is 7. The van der Waals surface area contributed by atoms with Crippen molar-refractivity contribution in [3.8, 4) is 0 Å². The first-order valence-electron chi connectivity index (χ1n) is 6.56. The van der Waals surface area contributed by atoms with Gasteiger partial charge in [0.15, 0.2) is 0 Å². The van der Waals surface area contributed by atoms with Crippen molar-refractivity contribution in [1.29, 1.82) is 0 Å². The molecule has 1 fully saturated rings. The average molecular weight is 226 g/mol. The summed E-state index contributed by atoms with van der Waals surface area (Å²) in [5.74, 6) is 1.57. The van der Waals surface area contributed by atoms with E-state index in [2.05, 4.69) is 33.0 Å². The van der Waals surface area contributed by atoms with Crippen molar-refractivity contribution in [1.82, 2.24) is 10.2 Å². The van der Waals surface area contributed by atoms with E-state index in [4.69, 9.17) is 0 Å². The molecule has 1 atom stereocenters. The Bertz CT molecular complexity index is 224. The smallest absolute Gasteiger partial charge is 0.236 e. The highest BCUT2D eigenvalue weighted by atomic mass is 16.2. The van der Waals surface area contributed by atoms with Crippen LogP contribution >= 0.6 is 0 Å². The van der Waals surface area contributed by atoms with Crippen LogP contribution < -0.4 is 5.32 Å². The van der Waals surface area contributed by atoms with Crippen LogP contribution in [0.15, 0.2) is 0 Å². The van der Waals surface area contributed by atoms with Crippen LogP contribution in [0.5, 0.6) is 0 Å². The highest BCUT2D eigenvalue weighted by Gasteiger charge is 2.30. The molecule has 0 bridgehead atoms. The molecule has 1 saturated carbocycles. The molecule has 0 aromatic heterocycles. The van der Waals surface area contributed by atoms with Crippen LogP contribution in [0.3, 0.4) is 0 Å². The first-order chi connectivity index (χ1) is 7.56. The topological polar surface area (TPSA) is 32.3 Å². The van der Waals surface area contributed by atoms with Gasteiger partial charge in [-0.1, -0.05) is 20.8 Å². The van der Waals surface area contributed by atoms with Crippen molar-refractivity contribution >= 4 is 5.91 Å². The van der Waals surface area contributed by atoms with Gasteiger partial charge in [-0.15, -0.1) is 0 Å². The van der Waals surface area contributed by atoms with E-state index in [1.165, 1.54) is 12.8 Å². The lowest BCUT2D eigenvalue weighted by molar-refractivity contribution is -0.130. The summed E-state index contributed by atoms with van der Waals surface area (Å²) in [5, 5.41) is 3.27. The van der Waals surface area contributed by atoms with Gasteiger partial charge in [0, 0.05) is 12.6 Å². The molecule has 3 heteroatoms. The maximum absolute atomic E-state index is 11.9. The lowest BCUT2D eigenvalue weighted by atomic mass is 9.98. The Hall–Kier alpha value is -0.570. The highest BCUT2D eigenvalue weighted by Crippen LogP contribution is 2.26. The van der Waals surface area contributed by atoms with E-state index in [1.807, 2.05) is 4.90 Å². The first kappa shape index (κ1) is 13.5. The third kappa shape index (κ3) is 4.12. The molecule has 0 aromatic carbocycles. The van der Waals surface area contributed by atoms with Crippen LogP contribution in [-0.4, -0.2) is 36.5 Å². The zero-order chi connectivity index (χ0) is 12.1. The molecule has 1 N–H and O–H groups in total. The second kappa shape index (κ2) is 6.24. The van der Waals surface area contributed by atoms with Crippen molar-refractivity contribution in [2.45, 2.75) is 46.6 Å². The number of carbonyl (C=O) groups is 1. The molecule has 1 aliphatic carbocycles. The number of carbonyl (C=O) groups excluding carboxylic acids is 1. The first-order valence-corrected chi connectivity index (χ1v) is 6.56. The molecular weight excluding hydrogens is 200 g/mol. The van der Waals surface area contributed by atoms with Crippen LogP contribution in [0.4, 0.5) is 0 Å². The fourth-order valence-electron chi connectivity index (χ4n) is 1.77. The van der Waals surface area contributed by atoms with Crippen LogP contribution in [0.25, 0.3) is 0 Å². The van der Waals surface area contributed by atoms with Gasteiger partial charge >= 0.3 is 0 Å². The molecule has 1 rings (SSSR count). The molecule has 3 nitrogen and oxygen atoms in total. The summed E-state index contributed by atoms with van der Waals surface area (Å²) < 4.78 is 0. The summed E-state index contributed by atoms with van der Waals surface area (Å²) >= 11 is 0. The van der Waals surface area contributed by atoms with Gasteiger partial charge in [-0.3, -0.25) is 4.79 Å². The lowest BCUT2D eigenvalue weighted by Gasteiger charge is -2.22. The fourth-order valence-corrected chi connectivity index (χ4v) is 1.77. The van der Waals surface area contributed by atoms with E-state index in [0.717, 1.165) is 13.1 Å². The third-order valence-electron chi connectivity index (χ3n) is 3.53.